The predicted molar refractivity (Wildman–Crippen MR) is 86.5 cm³/mol. The summed E-state index contributed by atoms with van der Waals surface area (Å²) in [5.41, 5.74) is 2.77. The van der Waals surface area contributed by atoms with Crippen LogP contribution in [0, 0.1) is 6.92 Å². The highest BCUT2D eigenvalue weighted by Crippen LogP contribution is 2.30. The standard InChI is InChI=1S/C17H17NO3S/c1-13-5-4-6-14(11-13)12-22(20,21)18-10-9-17(19)15-7-2-3-8-16(15)18/h2-8,11H,9-10,12H2,1H3. The van der Waals surface area contributed by atoms with Gasteiger partial charge in [0.2, 0.25) is 10.0 Å². The minimum atomic E-state index is -3.51. The van der Waals surface area contributed by atoms with E-state index < -0.39 is 10.0 Å². The zero-order valence-corrected chi connectivity index (χ0v) is 13.1. The summed E-state index contributed by atoms with van der Waals surface area (Å²) >= 11 is 0. The number of fused-ring (bicyclic) bond motifs is 1. The van der Waals surface area contributed by atoms with Crippen LogP contribution < -0.4 is 4.31 Å². The van der Waals surface area contributed by atoms with Gasteiger partial charge in [-0.15, -0.1) is 0 Å². The van der Waals surface area contributed by atoms with Gasteiger partial charge < -0.3 is 0 Å². The lowest BCUT2D eigenvalue weighted by Crippen LogP contribution is -2.38. The molecule has 1 heterocycles. The van der Waals surface area contributed by atoms with Gasteiger partial charge in [0.15, 0.2) is 5.78 Å². The second kappa shape index (κ2) is 5.57. The number of rotatable bonds is 3. The molecule has 0 radical (unpaired) electrons. The van der Waals surface area contributed by atoms with Gasteiger partial charge in [0.1, 0.15) is 0 Å². The summed E-state index contributed by atoms with van der Waals surface area (Å²) < 4.78 is 26.9. The van der Waals surface area contributed by atoms with Crippen LogP contribution in [-0.2, 0) is 15.8 Å². The normalized spacial score (nSPS) is 14.8. The maximum Gasteiger partial charge on any atom is 0.239 e. The number of aryl methyl sites for hydroxylation is 1. The van der Waals surface area contributed by atoms with Gasteiger partial charge in [-0.3, -0.25) is 9.10 Å². The number of benzene rings is 2. The van der Waals surface area contributed by atoms with E-state index in [9.17, 15) is 13.2 Å². The highest BCUT2D eigenvalue weighted by molar-refractivity contribution is 7.92. The highest BCUT2D eigenvalue weighted by atomic mass is 32.2. The topological polar surface area (TPSA) is 54.5 Å². The molecule has 22 heavy (non-hydrogen) atoms. The monoisotopic (exact) mass is 315 g/mol. The van der Waals surface area contributed by atoms with Crippen LogP contribution >= 0.6 is 0 Å². The lowest BCUT2D eigenvalue weighted by molar-refractivity contribution is 0.0982. The van der Waals surface area contributed by atoms with Crippen molar-refractivity contribution in [3.8, 4) is 0 Å². The maximum atomic E-state index is 12.8. The predicted octanol–water partition coefficient (Wildman–Crippen LogP) is 2.92. The number of hydrogen-bond acceptors (Lipinski definition) is 3. The summed E-state index contributed by atoms with van der Waals surface area (Å²) in [6.45, 7) is 2.15. The number of Topliss-reactive ketones (excluding diaryl/α,β-unsaturated/α-hetero) is 1. The van der Waals surface area contributed by atoms with Crippen molar-refractivity contribution in [3.63, 3.8) is 0 Å². The average Bonchev–Trinajstić information content (AvgIpc) is 2.47. The maximum absolute atomic E-state index is 12.8. The fraction of sp³-hybridized carbons (Fsp3) is 0.235. The molecule has 0 atom stereocenters. The molecule has 5 heteroatoms. The number of ketones is 1. The van der Waals surface area contributed by atoms with E-state index in [-0.39, 0.29) is 24.5 Å². The van der Waals surface area contributed by atoms with Gasteiger partial charge in [0.05, 0.1) is 11.4 Å². The fourth-order valence-corrected chi connectivity index (χ4v) is 4.35. The molecule has 0 amide bonds. The first-order chi connectivity index (χ1) is 10.5. The SMILES string of the molecule is Cc1cccc(CS(=O)(=O)N2CCC(=O)c3ccccc32)c1. The number of sulfonamides is 1. The molecule has 1 aliphatic heterocycles. The lowest BCUT2D eigenvalue weighted by Gasteiger charge is -2.29. The second-order valence-corrected chi connectivity index (χ2v) is 7.40. The Hall–Kier alpha value is -2.14. The summed E-state index contributed by atoms with van der Waals surface area (Å²) in [5, 5.41) is 0. The second-order valence-electron chi connectivity index (χ2n) is 5.51. The third kappa shape index (κ3) is 2.76. The Bertz CT molecular complexity index is 827. The summed E-state index contributed by atoms with van der Waals surface area (Å²) in [6.07, 6.45) is 0.226. The van der Waals surface area contributed by atoms with E-state index in [0.717, 1.165) is 11.1 Å². The Morgan fingerprint density at radius 1 is 1.09 bits per heavy atom. The van der Waals surface area contributed by atoms with Crippen LogP contribution in [0.4, 0.5) is 5.69 Å². The van der Waals surface area contributed by atoms with E-state index in [0.29, 0.717) is 11.3 Å². The number of anilines is 1. The first kappa shape index (κ1) is 14.8. The van der Waals surface area contributed by atoms with Crippen LogP contribution in [0.25, 0.3) is 0 Å². The van der Waals surface area contributed by atoms with Crippen molar-refractivity contribution < 1.29 is 13.2 Å². The minimum absolute atomic E-state index is 0.00222. The molecule has 0 aromatic heterocycles. The Balaban J connectivity index is 1.96. The van der Waals surface area contributed by atoms with E-state index in [1.165, 1.54) is 4.31 Å². The van der Waals surface area contributed by atoms with Crippen LogP contribution in [0.1, 0.15) is 27.9 Å². The van der Waals surface area contributed by atoms with Crippen molar-refractivity contribution in [1.29, 1.82) is 0 Å². The minimum Gasteiger partial charge on any atom is -0.294 e. The van der Waals surface area contributed by atoms with Crippen LogP contribution in [0.5, 0.6) is 0 Å². The summed E-state index contributed by atoms with van der Waals surface area (Å²) in [4.78, 5) is 11.9. The quantitative estimate of drug-likeness (QED) is 0.875. The Kier molecular flexibility index (Phi) is 3.74. The number of carbonyl (C=O) groups excluding carboxylic acids is 1. The number of hydrogen-bond donors (Lipinski definition) is 0. The molecule has 2 aromatic carbocycles. The molecular weight excluding hydrogens is 298 g/mol. The number of carbonyl (C=O) groups is 1. The molecule has 0 saturated heterocycles. The Morgan fingerprint density at radius 2 is 1.86 bits per heavy atom. The van der Waals surface area contributed by atoms with Crippen molar-refractivity contribution in [3.05, 3.63) is 65.2 Å². The number of para-hydroxylation sites is 1. The average molecular weight is 315 g/mol. The molecule has 3 rings (SSSR count). The van der Waals surface area contributed by atoms with Gasteiger partial charge in [0, 0.05) is 18.5 Å². The summed E-state index contributed by atoms with van der Waals surface area (Å²) in [5.74, 6) is -0.0605. The van der Waals surface area contributed by atoms with E-state index >= 15 is 0 Å². The molecular formula is C17H17NO3S. The van der Waals surface area contributed by atoms with Crippen molar-refractivity contribution in [2.45, 2.75) is 19.1 Å². The largest absolute Gasteiger partial charge is 0.294 e. The molecule has 0 unspecified atom stereocenters. The van der Waals surface area contributed by atoms with Crippen molar-refractivity contribution in [1.82, 2.24) is 0 Å². The third-order valence-corrected chi connectivity index (χ3v) is 5.53. The molecule has 0 spiro atoms. The molecule has 0 bridgehead atoms. The molecule has 4 nitrogen and oxygen atoms in total. The van der Waals surface area contributed by atoms with Crippen LogP contribution in [0.2, 0.25) is 0 Å². The first-order valence-corrected chi connectivity index (χ1v) is 8.76. The van der Waals surface area contributed by atoms with Crippen LogP contribution in [0.3, 0.4) is 0 Å². The van der Waals surface area contributed by atoms with Gasteiger partial charge in [-0.05, 0) is 24.6 Å². The first-order valence-electron chi connectivity index (χ1n) is 7.15. The zero-order valence-electron chi connectivity index (χ0n) is 12.3. The Morgan fingerprint density at radius 3 is 2.64 bits per heavy atom. The summed E-state index contributed by atoms with van der Waals surface area (Å²) in [7, 11) is -3.51. The molecule has 114 valence electrons. The van der Waals surface area contributed by atoms with Gasteiger partial charge >= 0.3 is 0 Å². The van der Waals surface area contributed by atoms with E-state index in [1.54, 1.807) is 24.3 Å². The van der Waals surface area contributed by atoms with Crippen molar-refractivity contribution >= 4 is 21.5 Å². The van der Waals surface area contributed by atoms with E-state index in [1.807, 2.05) is 31.2 Å². The van der Waals surface area contributed by atoms with E-state index in [2.05, 4.69) is 0 Å². The molecule has 0 N–H and O–H groups in total. The van der Waals surface area contributed by atoms with Gasteiger partial charge in [-0.2, -0.15) is 0 Å². The van der Waals surface area contributed by atoms with E-state index in [4.69, 9.17) is 0 Å². The highest BCUT2D eigenvalue weighted by Gasteiger charge is 2.30. The smallest absolute Gasteiger partial charge is 0.239 e. The van der Waals surface area contributed by atoms with Crippen molar-refractivity contribution in [2.24, 2.45) is 0 Å². The van der Waals surface area contributed by atoms with Crippen LogP contribution in [-0.4, -0.2) is 20.7 Å². The third-order valence-electron chi connectivity index (χ3n) is 3.78. The van der Waals surface area contributed by atoms with Gasteiger partial charge in [-0.25, -0.2) is 8.42 Å². The van der Waals surface area contributed by atoms with Gasteiger partial charge in [-0.1, -0.05) is 42.0 Å². The Labute approximate surface area is 130 Å². The van der Waals surface area contributed by atoms with Gasteiger partial charge in [0.25, 0.3) is 0 Å². The lowest BCUT2D eigenvalue weighted by atomic mass is 10.0. The van der Waals surface area contributed by atoms with Crippen molar-refractivity contribution in [2.75, 3.05) is 10.8 Å². The molecule has 0 fully saturated rings. The molecule has 0 saturated carbocycles. The number of nitrogens with zero attached hydrogens (tertiary/aromatic N) is 1. The zero-order chi connectivity index (χ0) is 15.7. The molecule has 1 aliphatic rings. The molecule has 2 aromatic rings. The molecule has 0 aliphatic carbocycles. The summed E-state index contributed by atoms with van der Waals surface area (Å²) in [6, 6.07) is 14.4. The van der Waals surface area contributed by atoms with Crippen LogP contribution in [0.15, 0.2) is 48.5 Å². The fourth-order valence-electron chi connectivity index (χ4n) is 2.76.